The molecule has 94 valence electrons. The first-order valence-corrected chi connectivity index (χ1v) is 6.00. The number of ketones is 1. The average Bonchev–Trinajstić information content (AvgIpc) is 2.23. The third kappa shape index (κ3) is 3.79. The number of rotatable bonds is 5. The van der Waals surface area contributed by atoms with Crippen LogP contribution in [-0.4, -0.2) is 11.3 Å². The van der Waals surface area contributed by atoms with Crippen LogP contribution >= 0.6 is 11.6 Å². The van der Waals surface area contributed by atoms with E-state index in [9.17, 15) is 9.18 Å². The number of nitrogens with two attached hydrogens (primary N) is 1. The van der Waals surface area contributed by atoms with Gasteiger partial charge in [-0.2, -0.15) is 0 Å². The number of hydrogen-bond acceptors (Lipinski definition) is 2. The van der Waals surface area contributed by atoms with Crippen LogP contribution in [0, 0.1) is 5.82 Å². The van der Waals surface area contributed by atoms with Gasteiger partial charge in [-0.1, -0.05) is 24.9 Å². The summed E-state index contributed by atoms with van der Waals surface area (Å²) in [5.41, 5.74) is 5.54. The summed E-state index contributed by atoms with van der Waals surface area (Å²) in [6.45, 7) is 3.67. The van der Waals surface area contributed by atoms with E-state index in [1.54, 1.807) is 6.92 Å². The van der Waals surface area contributed by atoms with E-state index in [-0.39, 0.29) is 12.2 Å². The van der Waals surface area contributed by atoms with Crippen molar-refractivity contribution in [3.8, 4) is 0 Å². The van der Waals surface area contributed by atoms with Crippen LogP contribution in [0.1, 0.15) is 32.3 Å². The summed E-state index contributed by atoms with van der Waals surface area (Å²) in [7, 11) is 0. The van der Waals surface area contributed by atoms with Gasteiger partial charge in [0.05, 0.1) is 5.54 Å². The first kappa shape index (κ1) is 14.1. The monoisotopic (exact) mass is 257 g/mol. The number of Topliss-reactive ketones (excluding diaryl/α,β-unsaturated/α-hetero) is 1. The summed E-state index contributed by atoms with van der Waals surface area (Å²) < 4.78 is 13.0. The molecule has 4 heteroatoms. The molecular formula is C13H17ClFNO. The molecule has 0 radical (unpaired) electrons. The molecule has 0 amide bonds. The SMILES string of the molecule is CCCC(C)(N)C(=O)Cc1cc(F)ccc1Cl. The number of halogens is 2. The first-order valence-electron chi connectivity index (χ1n) is 5.63. The van der Waals surface area contributed by atoms with Gasteiger partial charge in [-0.15, -0.1) is 0 Å². The molecule has 0 saturated heterocycles. The maximum Gasteiger partial charge on any atom is 0.156 e. The summed E-state index contributed by atoms with van der Waals surface area (Å²) in [6.07, 6.45) is 1.51. The Bertz CT molecular complexity index is 418. The summed E-state index contributed by atoms with van der Waals surface area (Å²) in [4.78, 5) is 12.0. The molecule has 1 aromatic carbocycles. The van der Waals surface area contributed by atoms with Crippen molar-refractivity contribution in [1.82, 2.24) is 0 Å². The van der Waals surface area contributed by atoms with Gasteiger partial charge < -0.3 is 5.73 Å². The van der Waals surface area contributed by atoms with E-state index in [1.165, 1.54) is 18.2 Å². The van der Waals surface area contributed by atoms with Crippen LogP contribution in [-0.2, 0) is 11.2 Å². The lowest BCUT2D eigenvalue weighted by Gasteiger charge is -2.22. The largest absolute Gasteiger partial charge is 0.319 e. The van der Waals surface area contributed by atoms with E-state index >= 15 is 0 Å². The third-order valence-electron chi connectivity index (χ3n) is 2.77. The maximum absolute atomic E-state index is 13.0. The molecule has 1 aromatic rings. The normalized spacial score (nSPS) is 14.4. The summed E-state index contributed by atoms with van der Waals surface area (Å²) in [5, 5.41) is 0.395. The number of hydrogen-bond donors (Lipinski definition) is 1. The molecule has 2 nitrogen and oxygen atoms in total. The average molecular weight is 258 g/mol. The Balaban J connectivity index is 2.84. The molecule has 0 bridgehead atoms. The van der Waals surface area contributed by atoms with Gasteiger partial charge in [-0.05, 0) is 37.1 Å². The minimum absolute atomic E-state index is 0.0730. The van der Waals surface area contributed by atoms with E-state index in [0.717, 1.165) is 6.42 Å². The number of carbonyl (C=O) groups excluding carboxylic acids is 1. The van der Waals surface area contributed by atoms with Crippen molar-refractivity contribution in [1.29, 1.82) is 0 Å². The number of carbonyl (C=O) groups is 1. The van der Waals surface area contributed by atoms with Crippen LogP contribution in [0.2, 0.25) is 5.02 Å². The van der Waals surface area contributed by atoms with Crippen LogP contribution in [0.15, 0.2) is 18.2 Å². The van der Waals surface area contributed by atoms with Gasteiger partial charge in [0, 0.05) is 11.4 Å². The van der Waals surface area contributed by atoms with Crippen molar-refractivity contribution in [3.05, 3.63) is 34.6 Å². The van der Waals surface area contributed by atoms with Crippen LogP contribution in [0.4, 0.5) is 4.39 Å². The van der Waals surface area contributed by atoms with E-state index in [1.807, 2.05) is 6.92 Å². The summed E-state index contributed by atoms with van der Waals surface area (Å²) in [6, 6.07) is 4.00. The second kappa shape index (κ2) is 5.61. The standard InChI is InChI=1S/C13H17ClFNO/c1-3-6-13(2,16)12(17)8-9-7-10(15)4-5-11(9)14/h4-5,7H,3,6,8,16H2,1-2H3. The molecule has 17 heavy (non-hydrogen) atoms. The highest BCUT2D eigenvalue weighted by atomic mass is 35.5. The lowest BCUT2D eigenvalue weighted by Crippen LogP contribution is -2.45. The molecule has 0 spiro atoms. The number of benzene rings is 1. The zero-order valence-electron chi connectivity index (χ0n) is 10.1. The molecule has 0 fully saturated rings. The summed E-state index contributed by atoms with van der Waals surface area (Å²) >= 11 is 5.91. The summed E-state index contributed by atoms with van der Waals surface area (Å²) in [5.74, 6) is -0.515. The molecule has 0 aliphatic carbocycles. The Morgan fingerprint density at radius 1 is 1.53 bits per heavy atom. The molecule has 0 saturated carbocycles. The highest BCUT2D eigenvalue weighted by molar-refractivity contribution is 6.31. The second-order valence-corrected chi connectivity index (χ2v) is 4.91. The van der Waals surface area contributed by atoms with Gasteiger partial charge in [-0.3, -0.25) is 4.79 Å². The van der Waals surface area contributed by atoms with Gasteiger partial charge >= 0.3 is 0 Å². The molecule has 0 aliphatic rings. The van der Waals surface area contributed by atoms with Crippen LogP contribution < -0.4 is 5.73 Å². The highest BCUT2D eigenvalue weighted by Crippen LogP contribution is 2.20. The Hall–Kier alpha value is -0.930. The molecular weight excluding hydrogens is 241 g/mol. The van der Waals surface area contributed by atoms with Gasteiger partial charge in [0.15, 0.2) is 5.78 Å². The zero-order valence-corrected chi connectivity index (χ0v) is 10.9. The van der Waals surface area contributed by atoms with E-state index < -0.39 is 11.4 Å². The fourth-order valence-corrected chi connectivity index (χ4v) is 1.90. The first-order chi connectivity index (χ1) is 7.86. The van der Waals surface area contributed by atoms with Crippen molar-refractivity contribution in [3.63, 3.8) is 0 Å². The fraction of sp³-hybridized carbons (Fsp3) is 0.462. The lowest BCUT2D eigenvalue weighted by molar-refractivity contribution is -0.123. The van der Waals surface area contributed by atoms with Crippen LogP contribution in [0.25, 0.3) is 0 Å². The van der Waals surface area contributed by atoms with Gasteiger partial charge in [0.25, 0.3) is 0 Å². The highest BCUT2D eigenvalue weighted by Gasteiger charge is 2.27. The Morgan fingerprint density at radius 3 is 2.76 bits per heavy atom. The fourth-order valence-electron chi connectivity index (χ4n) is 1.71. The smallest absolute Gasteiger partial charge is 0.156 e. The minimum Gasteiger partial charge on any atom is -0.319 e. The minimum atomic E-state index is -0.871. The predicted molar refractivity (Wildman–Crippen MR) is 67.6 cm³/mol. The van der Waals surface area contributed by atoms with E-state index in [2.05, 4.69) is 0 Å². The van der Waals surface area contributed by atoms with Crippen LogP contribution in [0.5, 0.6) is 0 Å². The van der Waals surface area contributed by atoms with Crippen molar-refractivity contribution in [2.75, 3.05) is 0 Å². The lowest BCUT2D eigenvalue weighted by atomic mass is 9.88. The molecule has 1 unspecified atom stereocenters. The predicted octanol–water partition coefficient (Wildman–Crippen LogP) is 3.11. The third-order valence-corrected chi connectivity index (χ3v) is 3.13. The van der Waals surface area contributed by atoms with Crippen LogP contribution in [0.3, 0.4) is 0 Å². The molecule has 0 heterocycles. The zero-order chi connectivity index (χ0) is 13.1. The van der Waals surface area contributed by atoms with Crippen molar-refractivity contribution < 1.29 is 9.18 Å². The van der Waals surface area contributed by atoms with E-state index in [0.29, 0.717) is 17.0 Å². The Morgan fingerprint density at radius 2 is 2.18 bits per heavy atom. The maximum atomic E-state index is 13.0. The van der Waals surface area contributed by atoms with Crippen molar-refractivity contribution >= 4 is 17.4 Å². The Kier molecular flexibility index (Phi) is 4.66. The van der Waals surface area contributed by atoms with Crippen molar-refractivity contribution in [2.24, 2.45) is 5.73 Å². The quantitative estimate of drug-likeness (QED) is 0.881. The molecule has 1 atom stereocenters. The second-order valence-electron chi connectivity index (χ2n) is 4.50. The van der Waals surface area contributed by atoms with Crippen molar-refractivity contribution in [2.45, 2.75) is 38.6 Å². The topological polar surface area (TPSA) is 43.1 Å². The molecule has 2 N–H and O–H groups in total. The molecule has 0 aromatic heterocycles. The van der Waals surface area contributed by atoms with Gasteiger partial charge in [0.2, 0.25) is 0 Å². The molecule has 0 aliphatic heterocycles. The van der Waals surface area contributed by atoms with E-state index in [4.69, 9.17) is 17.3 Å². The Labute approximate surface area is 106 Å². The van der Waals surface area contributed by atoms with Gasteiger partial charge in [0.1, 0.15) is 5.82 Å². The molecule has 1 rings (SSSR count). The van der Waals surface area contributed by atoms with Gasteiger partial charge in [-0.25, -0.2) is 4.39 Å².